The SMILES string of the molecule is CN(CCN1CCOCC1)C(=O)c1ccc(F)c(F)c1F. The molecule has 1 amide bonds. The first-order chi connectivity index (χ1) is 10.0. The highest BCUT2D eigenvalue weighted by Crippen LogP contribution is 2.16. The quantitative estimate of drug-likeness (QED) is 0.790. The number of ether oxygens (including phenoxy) is 1. The van der Waals surface area contributed by atoms with Crippen LogP contribution in [0.3, 0.4) is 0 Å². The maximum Gasteiger partial charge on any atom is 0.256 e. The van der Waals surface area contributed by atoms with Crippen LogP contribution in [0.1, 0.15) is 10.4 Å². The average Bonchev–Trinajstić information content (AvgIpc) is 2.51. The molecule has 0 saturated carbocycles. The van der Waals surface area contributed by atoms with Gasteiger partial charge in [0.05, 0.1) is 18.8 Å². The number of carbonyl (C=O) groups is 1. The van der Waals surface area contributed by atoms with Crippen LogP contribution < -0.4 is 0 Å². The summed E-state index contributed by atoms with van der Waals surface area (Å²) in [6.45, 7) is 3.85. The minimum atomic E-state index is -1.62. The number of hydrogen-bond acceptors (Lipinski definition) is 3. The van der Waals surface area contributed by atoms with Crippen molar-refractivity contribution in [3.8, 4) is 0 Å². The predicted molar refractivity (Wildman–Crippen MR) is 70.5 cm³/mol. The van der Waals surface area contributed by atoms with Gasteiger partial charge < -0.3 is 9.64 Å². The maximum atomic E-state index is 13.6. The minimum absolute atomic E-state index is 0.372. The van der Waals surface area contributed by atoms with E-state index in [0.717, 1.165) is 25.2 Å². The standard InChI is InChI=1S/C14H17F3N2O2/c1-18(4-5-19-6-8-21-9-7-19)14(20)10-2-3-11(15)13(17)12(10)16/h2-3H,4-9H2,1H3. The summed E-state index contributed by atoms with van der Waals surface area (Å²) in [5.74, 6) is -5.04. The number of hydrogen-bond donors (Lipinski definition) is 0. The van der Waals surface area contributed by atoms with E-state index >= 15 is 0 Å². The normalized spacial score (nSPS) is 16.0. The Balaban J connectivity index is 1.97. The molecule has 1 heterocycles. The lowest BCUT2D eigenvalue weighted by Gasteiger charge is -2.28. The molecule has 116 valence electrons. The van der Waals surface area contributed by atoms with Crippen molar-refractivity contribution in [3.63, 3.8) is 0 Å². The van der Waals surface area contributed by atoms with Crippen LogP contribution in [0.2, 0.25) is 0 Å². The Morgan fingerprint density at radius 3 is 2.57 bits per heavy atom. The summed E-state index contributed by atoms with van der Waals surface area (Å²) in [5, 5.41) is 0. The Morgan fingerprint density at radius 2 is 1.90 bits per heavy atom. The van der Waals surface area contributed by atoms with Crippen molar-refractivity contribution in [1.29, 1.82) is 0 Å². The van der Waals surface area contributed by atoms with Gasteiger partial charge in [0.2, 0.25) is 0 Å². The van der Waals surface area contributed by atoms with Gasteiger partial charge in [-0.05, 0) is 12.1 Å². The molecule has 0 spiro atoms. The van der Waals surface area contributed by atoms with Crippen LogP contribution >= 0.6 is 0 Å². The van der Waals surface area contributed by atoms with Crippen LogP contribution in [0.25, 0.3) is 0 Å². The fourth-order valence-corrected chi connectivity index (χ4v) is 2.11. The number of benzene rings is 1. The molecule has 7 heteroatoms. The van der Waals surface area contributed by atoms with Gasteiger partial charge in [-0.15, -0.1) is 0 Å². The molecule has 0 N–H and O–H groups in total. The Labute approximate surface area is 121 Å². The third-order valence-electron chi connectivity index (χ3n) is 3.47. The zero-order chi connectivity index (χ0) is 15.4. The zero-order valence-corrected chi connectivity index (χ0v) is 11.7. The summed E-state index contributed by atoms with van der Waals surface area (Å²) in [7, 11) is 1.50. The number of amides is 1. The average molecular weight is 302 g/mol. The molecule has 1 aromatic rings. The van der Waals surface area contributed by atoms with Gasteiger partial charge in [0.25, 0.3) is 5.91 Å². The van der Waals surface area contributed by atoms with Crippen molar-refractivity contribution >= 4 is 5.91 Å². The Hall–Kier alpha value is -1.60. The first-order valence-electron chi connectivity index (χ1n) is 6.69. The first-order valence-corrected chi connectivity index (χ1v) is 6.69. The zero-order valence-electron chi connectivity index (χ0n) is 11.7. The van der Waals surface area contributed by atoms with E-state index in [-0.39, 0.29) is 0 Å². The van der Waals surface area contributed by atoms with E-state index in [2.05, 4.69) is 4.90 Å². The Morgan fingerprint density at radius 1 is 1.24 bits per heavy atom. The van der Waals surface area contributed by atoms with E-state index in [9.17, 15) is 18.0 Å². The topological polar surface area (TPSA) is 32.8 Å². The maximum absolute atomic E-state index is 13.6. The Kier molecular flexibility index (Phi) is 5.19. The van der Waals surface area contributed by atoms with Crippen molar-refractivity contribution < 1.29 is 22.7 Å². The van der Waals surface area contributed by atoms with Crippen molar-refractivity contribution in [3.05, 3.63) is 35.1 Å². The summed E-state index contributed by atoms with van der Waals surface area (Å²) in [4.78, 5) is 15.5. The number of likely N-dealkylation sites (N-methyl/N-ethyl adjacent to an activating group) is 1. The molecule has 1 saturated heterocycles. The number of halogens is 3. The summed E-state index contributed by atoms with van der Waals surface area (Å²) in [5.41, 5.74) is -0.460. The monoisotopic (exact) mass is 302 g/mol. The van der Waals surface area contributed by atoms with Gasteiger partial charge in [0.15, 0.2) is 17.5 Å². The summed E-state index contributed by atoms with van der Waals surface area (Å²) >= 11 is 0. The van der Waals surface area contributed by atoms with Crippen molar-refractivity contribution in [2.24, 2.45) is 0 Å². The highest BCUT2D eigenvalue weighted by Gasteiger charge is 2.22. The second kappa shape index (κ2) is 6.91. The number of rotatable bonds is 4. The molecule has 2 rings (SSSR count). The van der Waals surface area contributed by atoms with Gasteiger partial charge in [0.1, 0.15) is 0 Å². The minimum Gasteiger partial charge on any atom is -0.379 e. The molecule has 1 fully saturated rings. The molecule has 4 nitrogen and oxygen atoms in total. The second-order valence-electron chi connectivity index (χ2n) is 4.90. The number of nitrogens with zero attached hydrogens (tertiary/aromatic N) is 2. The summed E-state index contributed by atoms with van der Waals surface area (Å²) < 4.78 is 44.8. The molecule has 0 aromatic heterocycles. The van der Waals surface area contributed by atoms with E-state index in [0.29, 0.717) is 26.3 Å². The van der Waals surface area contributed by atoms with Crippen molar-refractivity contribution in [2.45, 2.75) is 0 Å². The second-order valence-corrected chi connectivity index (χ2v) is 4.90. The van der Waals surface area contributed by atoms with Crippen LogP contribution in [-0.2, 0) is 4.74 Å². The van der Waals surface area contributed by atoms with Gasteiger partial charge in [-0.3, -0.25) is 9.69 Å². The third kappa shape index (κ3) is 3.74. The van der Waals surface area contributed by atoms with Gasteiger partial charge in [0, 0.05) is 33.2 Å². The number of carbonyl (C=O) groups excluding carboxylic acids is 1. The van der Waals surface area contributed by atoms with Crippen LogP contribution in [0.15, 0.2) is 12.1 Å². The molecule has 0 aliphatic carbocycles. The lowest BCUT2D eigenvalue weighted by Crippen LogP contribution is -2.42. The molecule has 0 atom stereocenters. The van der Waals surface area contributed by atoms with Gasteiger partial charge >= 0.3 is 0 Å². The van der Waals surface area contributed by atoms with E-state index in [1.54, 1.807) is 0 Å². The van der Waals surface area contributed by atoms with E-state index < -0.39 is 28.9 Å². The lowest BCUT2D eigenvalue weighted by molar-refractivity contribution is 0.0338. The largest absolute Gasteiger partial charge is 0.379 e. The highest BCUT2D eigenvalue weighted by molar-refractivity contribution is 5.94. The van der Waals surface area contributed by atoms with Crippen LogP contribution in [-0.4, -0.2) is 62.1 Å². The van der Waals surface area contributed by atoms with Gasteiger partial charge in [-0.25, -0.2) is 13.2 Å². The van der Waals surface area contributed by atoms with Crippen molar-refractivity contribution in [1.82, 2.24) is 9.80 Å². The van der Waals surface area contributed by atoms with Crippen LogP contribution in [0.5, 0.6) is 0 Å². The predicted octanol–water partition coefficient (Wildman–Crippen LogP) is 1.51. The lowest BCUT2D eigenvalue weighted by atomic mass is 10.1. The van der Waals surface area contributed by atoms with Gasteiger partial charge in [-0.2, -0.15) is 0 Å². The summed E-state index contributed by atoms with van der Waals surface area (Å²) in [6, 6.07) is 1.71. The van der Waals surface area contributed by atoms with E-state index in [1.807, 2.05) is 0 Å². The fraction of sp³-hybridized carbons (Fsp3) is 0.500. The Bertz CT molecular complexity index is 519. The smallest absolute Gasteiger partial charge is 0.256 e. The summed E-state index contributed by atoms with van der Waals surface area (Å²) in [6.07, 6.45) is 0. The highest BCUT2D eigenvalue weighted by atomic mass is 19.2. The molecule has 0 unspecified atom stereocenters. The fourth-order valence-electron chi connectivity index (χ4n) is 2.11. The van der Waals surface area contributed by atoms with Crippen LogP contribution in [0, 0.1) is 17.5 Å². The molecule has 21 heavy (non-hydrogen) atoms. The van der Waals surface area contributed by atoms with Gasteiger partial charge in [-0.1, -0.05) is 0 Å². The molecular weight excluding hydrogens is 285 g/mol. The van der Waals surface area contributed by atoms with E-state index in [1.165, 1.54) is 11.9 Å². The third-order valence-corrected chi connectivity index (χ3v) is 3.47. The van der Waals surface area contributed by atoms with Crippen LogP contribution in [0.4, 0.5) is 13.2 Å². The first kappa shape index (κ1) is 15.8. The number of morpholine rings is 1. The molecule has 0 bridgehead atoms. The molecular formula is C14H17F3N2O2. The van der Waals surface area contributed by atoms with Crippen molar-refractivity contribution in [2.75, 3.05) is 46.4 Å². The molecule has 1 aliphatic rings. The molecule has 1 aromatic carbocycles. The molecule has 1 aliphatic heterocycles. The van der Waals surface area contributed by atoms with E-state index in [4.69, 9.17) is 4.74 Å². The molecule has 0 radical (unpaired) electrons.